The summed E-state index contributed by atoms with van der Waals surface area (Å²) in [4.78, 5) is 10.2. The Morgan fingerprint density at radius 3 is 2.31 bits per heavy atom. The first-order chi connectivity index (χ1) is 13.7. The Morgan fingerprint density at radius 2 is 1.69 bits per heavy atom. The highest BCUT2D eigenvalue weighted by Crippen LogP contribution is 2.34. The van der Waals surface area contributed by atoms with Crippen molar-refractivity contribution < 1.29 is 17.7 Å². The first-order valence-electron chi connectivity index (χ1n) is 8.82. The number of benzene rings is 3. The topological polar surface area (TPSA) is 80.5 Å². The normalized spacial score (nSPS) is 12.4. The van der Waals surface area contributed by atoms with Crippen LogP contribution >= 0.6 is 0 Å². The van der Waals surface area contributed by atoms with Crippen molar-refractivity contribution >= 4 is 21.4 Å². The molecule has 0 bridgehead atoms. The lowest BCUT2D eigenvalue weighted by atomic mass is 10.1. The number of nitro benzene ring substituents is 1. The molecular weight excluding hydrogens is 395 g/mol. The van der Waals surface area contributed by atoms with Gasteiger partial charge in [0.2, 0.25) is 0 Å². The molecule has 1 unspecified atom stereocenters. The lowest BCUT2D eigenvalue weighted by molar-refractivity contribution is -0.385. The molecule has 0 radical (unpaired) electrons. The Labute approximate surface area is 168 Å². The van der Waals surface area contributed by atoms with Gasteiger partial charge in [-0.15, -0.1) is 0 Å². The van der Waals surface area contributed by atoms with Gasteiger partial charge in [0.25, 0.3) is 15.7 Å². The Hall–Kier alpha value is -3.26. The number of nitrogens with zero attached hydrogens (tertiary/aromatic N) is 2. The summed E-state index contributed by atoms with van der Waals surface area (Å²) in [6.45, 7) is 3.27. The molecular formula is C21H19FN2O4S. The average molecular weight is 414 g/mol. The van der Waals surface area contributed by atoms with Crippen molar-refractivity contribution in [1.82, 2.24) is 0 Å². The zero-order valence-electron chi connectivity index (χ0n) is 15.8. The summed E-state index contributed by atoms with van der Waals surface area (Å²) in [5.74, 6) is -0.540. The molecule has 0 saturated heterocycles. The minimum absolute atomic E-state index is 0.135. The third kappa shape index (κ3) is 4.12. The molecule has 0 spiro atoms. The van der Waals surface area contributed by atoms with E-state index in [0.717, 1.165) is 16.4 Å². The number of hydrogen-bond donors (Lipinski definition) is 0. The minimum atomic E-state index is -4.22. The van der Waals surface area contributed by atoms with Crippen molar-refractivity contribution in [3.8, 4) is 0 Å². The first-order valence-corrected chi connectivity index (χ1v) is 10.3. The molecule has 0 aromatic heterocycles. The molecule has 1 atom stereocenters. The molecule has 29 heavy (non-hydrogen) atoms. The van der Waals surface area contributed by atoms with Crippen LogP contribution in [0.2, 0.25) is 0 Å². The van der Waals surface area contributed by atoms with Crippen LogP contribution in [0.3, 0.4) is 0 Å². The van der Waals surface area contributed by atoms with Gasteiger partial charge in [-0.05, 0) is 43.2 Å². The lowest BCUT2D eigenvalue weighted by Gasteiger charge is -2.31. The Bertz CT molecular complexity index is 1150. The van der Waals surface area contributed by atoms with Crippen molar-refractivity contribution in [1.29, 1.82) is 0 Å². The van der Waals surface area contributed by atoms with Crippen LogP contribution in [0, 0.1) is 22.9 Å². The number of non-ortho nitro benzene ring substituents is 1. The Kier molecular flexibility index (Phi) is 5.65. The summed E-state index contributed by atoms with van der Waals surface area (Å²) in [5, 5.41) is 11.1. The van der Waals surface area contributed by atoms with Crippen LogP contribution in [0.5, 0.6) is 0 Å². The SMILES string of the molecule is Cc1ccc(N(C(C)c2ccccc2)S(=O)(=O)c2cccc([N+](=O)[O-])c2)cc1F. The van der Waals surface area contributed by atoms with Crippen LogP contribution in [-0.4, -0.2) is 13.3 Å². The van der Waals surface area contributed by atoms with E-state index in [9.17, 15) is 22.9 Å². The molecule has 3 aromatic carbocycles. The molecule has 8 heteroatoms. The third-order valence-corrected chi connectivity index (χ3v) is 6.52. The fourth-order valence-electron chi connectivity index (χ4n) is 3.03. The van der Waals surface area contributed by atoms with Gasteiger partial charge in [-0.25, -0.2) is 12.8 Å². The maximum atomic E-state index is 14.3. The number of aryl methyl sites for hydroxylation is 1. The zero-order chi connectivity index (χ0) is 21.2. The van der Waals surface area contributed by atoms with E-state index in [2.05, 4.69) is 0 Å². The Morgan fingerprint density at radius 1 is 1.00 bits per heavy atom. The molecule has 0 saturated carbocycles. The van der Waals surface area contributed by atoms with Crippen LogP contribution < -0.4 is 4.31 Å². The molecule has 0 aliphatic rings. The second-order valence-electron chi connectivity index (χ2n) is 6.58. The highest BCUT2D eigenvalue weighted by Gasteiger charge is 2.31. The largest absolute Gasteiger partial charge is 0.270 e. The fraction of sp³-hybridized carbons (Fsp3) is 0.143. The van der Waals surface area contributed by atoms with Gasteiger partial charge in [-0.1, -0.05) is 42.5 Å². The zero-order valence-corrected chi connectivity index (χ0v) is 16.6. The van der Waals surface area contributed by atoms with Crippen LogP contribution in [0.4, 0.5) is 15.8 Å². The number of nitro groups is 1. The fourth-order valence-corrected chi connectivity index (χ4v) is 4.70. The molecule has 6 nitrogen and oxygen atoms in total. The van der Waals surface area contributed by atoms with E-state index in [0.29, 0.717) is 11.1 Å². The smallest absolute Gasteiger partial charge is 0.259 e. The van der Waals surface area contributed by atoms with Crippen LogP contribution in [0.1, 0.15) is 24.1 Å². The van der Waals surface area contributed by atoms with E-state index in [1.54, 1.807) is 44.2 Å². The van der Waals surface area contributed by atoms with Crippen molar-refractivity contribution in [2.75, 3.05) is 4.31 Å². The second kappa shape index (κ2) is 8.00. The molecule has 0 amide bonds. The number of halogens is 1. The van der Waals surface area contributed by atoms with E-state index in [4.69, 9.17) is 0 Å². The van der Waals surface area contributed by atoms with Gasteiger partial charge in [0.1, 0.15) is 5.82 Å². The predicted octanol–water partition coefficient (Wildman–Crippen LogP) is 5.00. The van der Waals surface area contributed by atoms with Gasteiger partial charge in [0.05, 0.1) is 21.5 Å². The number of rotatable bonds is 6. The molecule has 0 aliphatic carbocycles. The Balaban J connectivity index is 2.20. The van der Waals surface area contributed by atoms with Crippen LogP contribution in [-0.2, 0) is 10.0 Å². The van der Waals surface area contributed by atoms with Crippen molar-refractivity contribution in [3.05, 3.63) is 99.9 Å². The summed E-state index contributed by atoms with van der Waals surface area (Å²) in [6, 6.07) is 17.2. The van der Waals surface area contributed by atoms with Gasteiger partial charge in [0.15, 0.2) is 0 Å². The van der Waals surface area contributed by atoms with Crippen molar-refractivity contribution in [2.45, 2.75) is 24.8 Å². The van der Waals surface area contributed by atoms with Crippen molar-refractivity contribution in [2.24, 2.45) is 0 Å². The highest BCUT2D eigenvalue weighted by molar-refractivity contribution is 7.92. The minimum Gasteiger partial charge on any atom is -0.259 e. The monoisotopic (exact) mass is 414 g/mol. The van der Waals surface area contributed by atoms with E-state index in [1.165, 1.54) is 30.3 Å². The average Bonchev–Trinajstić information content (AvgIpc) is 2.71. The summed E-state index contributed by atoms with van der Waals surface area (Å²) >= 11 is 0. The second-order valence-corrected chi connectivity index (χ2v) is 8.39. The first kappa shape index (κ1) is 20.5. The van der Waals surface area contributed by atoms with Gasteiger partial charge in [0, 0.05) is 12.1 Å². The molecule has 3 rings (SSSR count). The van der Waals surface area contributed by atoms with E-state index >= 15 is 0 Å². The standard InChI is InChI=1S/C21H19FN2O4S/c1-15-11-12-18(14-21(15)22)23(16(2)17-7-4-3-5-8-17)29(27,28)20-10-6-9-19(13-20)24(25)26/h3-14,16H,1-2H3. The maximum Gasteiger partial charge on any atom is 0.270 e. The number of anilines is 1. The van der Waals surface area contributed by atoms with Crippen LogP contribution in [0.15, 0.2) is 77.7 Å². The summed E-state index contributed by atoms with van der Waals surface area (Å²) in [5.41, 5.74) is 0.876. The molecule has 0 fully saturated rings. The summed E-state index contributed by atoms with van der Waals surface area (Å²) in [7, 11) is -4.22. The van der Waals surface area contributed by atoms with Crippen molar-refractivity contribution in [3.63, 3.8) is 0 Å². The number of sulfonamides is 1. The summed E-state index contributed by atoms with van der Waals surface area (Å²) < 4.78 is 42.3. The lowest BCUT2D eigenvalue weighted by Crippen LogP contribution is -2.34. The van der Waals surface area contributed by atoms with Gasteiger partial charge in [-0.2, -0.15) is 0 Å². The van der Waals surface area contributed by atoms with Gasteiger partial charge >= 0.3 is 0 Å². The summed E-state index contributed by atoms with van der Waals surface area (Å²) in [6.07, 6.45) is 0. The molecule has 0 N–H and O–H groups in total. The number of hydrogen-bond acceptors (Lipinski definition) is 4. The molecule has 150 valence electrons. The highest BCUT2D eigenvalue weighted by atomic mass is 32.2. The molecule has 0 heterocycles. The molecule has 0 aliphatic heterocycles. The third-order valence-electron chi connectivity index (χ3n) is 4.63. The van der Waals surface area contributed by atoms with Crippen LogP contribution in [0.25, 0.3) is 0 Å². The maximum absolute atomic E-state index is 14.3. The molecule has 3 aromatic rings. The van der Waals surface area contributed by atoms with Gasteiger partial charge < -0.3 is 0 Å². The van der Waals surface area contributed by atoms with Gasteiger partial charge in [-0.3, -0.25) is 14.4 Å². The van der Waals surface area contributed by atoms with E-state index in [-0.39, 0.29) is 16.3 Å². The quantitative estimate of drug-likeness (QED) is 0.420. The van der Waals surface area contributed by atoms with E-state index in [1.807, 2.05) is 0 Å². The predicted molar refractivity (Wildman–Crippen MR) is 109 cm³/mol. The van der Waals surface area contributed by atoms with E-state index < -0.39 is 26.8 Å².